The van der Waals surface area contributed by atoms with Gasteiger partial charge in [0.25, 0.3) is 0 Å². The summed E-state index contributed by atoms with van der Waals surface area (Å²) in [5, 5.41) is 16.7. The molecule has 39 heavy (non-hydrogen) atoms. The molecule has 1 atom stereocenters. The fourth-order valence-corrected chi connectivity index (χ4v) is 5.69. The number of nitrogens with zero attached hydrogens (tertiary/aromatic N) is 7. The zero-order valence-electron chi connectivity index (χ0n) is 22.9. The molecule has 2 aromatic carbocycles. The van der Waals surface area contributed by atoms with Gasteiger partial charge in [-0.2, -0.15) is 10.4 Å². The molecule has 0 saturated carbocycles. The molecular formula is C30H33N7O2. The van der Waals surface area contributed by atoms with Crippen molar-refractivity contribution in [2.45, 2.75) is 45.9 Å². The normalized spacial score (nSPS) is 17.8. The maximum absolute atomic E-state index is 12.5. The molecule has 0 radical (unpaired) electrons. The van der Waals surface area contributed by atoms with Gasteiger partial charge >= 0.3 is 6.09 Å². The van der Waals surface area contributed by atoms with Crippen LogP contribution in [0.3, 0.4) is 0 Å². The van der Waals surface area contributed by atoms with Gasteiger partial charge in [0.05, 0.1) is 34.9 Å². The number of piperazine rings is 1. The second-order valence-corrected chi connectivity index (χ2v) is 11.4. The highest BCUT2D eigenvalue weighted by molar-refractivity contribution is 5.95. The van der Waals surface area contributed by atoms with Gasteiger partial charge in [0.2, 0.25) is 0 Å². The number of carbonyl (C=O) groups excluding carboxylic acids is 1. The molecule has 1 saturated heterocycles. The smallest absolute Gasteiger partial charge is 0.410 e. The van der Waals surface area contributed by atoms with Crippen molar-refractivity contribution >= 4 is 39.3 Å². The molecule has 0 unspecified atom stereocenters. The van der Waals surface area contributed by atoms with Crippen LogP contribution in [0.15, 0.2) is 48.7 Å². The highest BCUT2D eigenvalue weighted by atomic mass is 16.6. The van der Waals surface area contributed by atoms with E-state index in [1.807, 2.05) is 45.0 Å². The molecule has 2 aliphatic rings. The van der Waals surface area contributed by atoms with Crippen molar-refractivity contribution in [1.29, 1.82) is 5.26 Å². The number of aromatic nitrogens is 3. The van der Waals surface area contributed by atoms with Gasteiger partial charge in [-0.25, -0.2) is 4.79 Å². The number of anilines is 2. The van der Waals surface area contributed by atoms with Gasteiger partial charge in [-0.1, -0.05) is 0 Å². The van der Waals surface area contributed by atoms with Crippen molar-refractivity contribution in [3.8, 4) is 6.07 Å². The molecular weight excluding hydrogens is 490 g/mol. The molecule has 1 fully saturated rings. The van der Waals surface area contributed by atoms with Crippen molar-refractivity contribution in [2.24, 2.45) is 0 Å². The summed E-state index contributed by atoms with van der Waals surface area (Å²) >= 11 is 0. The van der Waals surface area contributed by atoms with E-state index in [1.54, 1.807) is 11.1 Å². The Morgan fingerprint density at radius 2 is 1.85 bits per heavy atom. The number of carbonyl (C=O) groups is 1. The van der Waals surface area contributed by atoms with Gasteiger partial charge in [-0.05, 0) is 70.2 Å². The topological polar surface area (TPSA) is 90.5 Å². The summed E-state index contributed by atoms with van der Waals surface area (Å²) in [4.78, 5) is 23.4. The number of nitriles is 1. The van der Waals surface area contributed by atoms with Crippen LogP contribution >= 0.6 is 0 Å². The summed E-state index contributed by atoms with van der Waals surface area (Å²) in [5.74, 6) is 0. The lowest BCUT2D eigenvalue weighted by Crippen LogP contribution is -2.50. The lowest BCUT2D eigenvalue weighted by molar-refractivity contribution is 0.0240. The molecule has 6 rings (SSSR count). The Bertz CT molecular complexity index is 1610. The van der Waals surface area contributed by atoms with E-state index in [4.69, 9.17) is 9.84 Å². The average Bonchev–Trinajstić information content (AvgIpc) is 3.30. The fourth-order valence-electron chi connectivity index (χ4n) is 5.69. The summed E-state index contributed by atoms with van der Waals surface area (Å²) in [5.41, 5.74) is 5.22. The zero-order chi connectivity index (χ0) is 27.3. The van der Waals surface area contributed by atoms with Crippen molar-refractivity contribution in [1.82, 2.24) is 19.7 Å². The highest BCUT2D eigenvalue weighted by Crippen LogP contribution is 2.36. The molecule has 2 aromatic heterocycles. The van der Waals surface area contributed by atoms with Crippen LogP contribution in [0.1, 0.15) is 45.0 Å². The third kappa shape index (κ3) is 4.60. The van der Waals surface area contributed by atoms with E-state index in [0.717, 1.165) is 59.4 Å². The largest absolute Gasteiger partial charge is 0.444 e. The Morgan fingerprint density at radius 1 is 1.05 bits per heavy atom. The summed E-state index contributed by atoms with van der Waals surface area (Å²) in [7, 11) is 0. The third-order valence-electron chi connectivity index (χ3n) is 7.53. The molecule has 0 aliphatic carbocycles. The van der Waals surface area contributed by atoms with Crippen LogP contribution < -0.4 is 9.80 Å². The van der Waals surface area contributed by atoms with E-state index in [9.17, 15) is 10.1 Å². The second-order valence-electron chi connectivity index (χ2n) is 11.4. The Morgan fingerprint density at radius 3 is 2.59 bits per heavy atom. The third-order valence-corrected chi connectivity index (χ3v) is 7.53. The van der Waals surface area contributed by atoms with Crippen molar-refractivity contribution < 1.29 is 9.53 Å². The van der Waals surface area contributed by atoms with Gasteiger partial charge in [0.15, 0.2) is 0 Å². The Kier molecular flexibility index (Phi) is 6.06. The van der Waals surface area contributed by atoms with E-state index in [0.29, 0.717) is 18.7 Å². The van der Waals surface area contributed by atoms with Crippen molar-refractivity contribution in [2.75, 3.05) is 42.5 Å². The van der Waals surface area contributed by atoms with Crippen LogP contribution in [-0.2, 0) is 11.3 Å². The number of fused-ring (bicyclic) bond motifs is 4. The molecule has 0 N–H and O–H groups in total. The van der Waals surface area contributed by atoms with Gasteiger partial charge in [0.1, 0.15) is 11.7 Å². The Labute approximate surface area is 228 Å². The van der Waals surface area contributed by atoms with Crippen LogP contribution in [0, 0.1) is 11.3 Å². The van der Waals surface area contributed by atoms with Crippen LogP contribution in [0.4, 0.5) is 16.2 Å². The molecule has 1 amide bonds. The minimum absolute atomic E-state index is 0.185. The lowest BCUT2D eigenvalue weighted by Gasteiger charge is -2.36. The highest BCUT2D eigenvalue weighted by Gasteiger charge is 2.29. The molecule has 4 heterocycles. The lowest BCUT2D eigenvalue weighted by atomic mass is 10.1. The maximum atomic E-state index is 12.5. The molecule has 9 nitrogen and oxygen atoms in total. The number of ether oxygens (including phenoxy) is 1. The summed E-state index contributed by atoms with van der Waals surface area (Å²) in [6.45, 7) is 12.2. The first-order valence-corrected chi connectivity index (χ1v) is 13.5. The minimum Gasteiger partial charge on any atom is -0.444 e. The number of amides is 1. The number of rotatable bonds is 2. The number of hydrogen-bond acceptors (Lipinski definition) is 7. The number of pyridine rings is 1. The SMILES string of the molecule is C[C@@H]1CN(c2ccc(C#N)c3ncccc23)Cc2c3ccc(N4CCN(C(=O)OC(C)(C)C)CC4)cc3nn21. The molecule has 9 heteroatoms. The standard InChI is InChI=1S/C30H33N7O2/c1-20-18-36(26-10-7-21(17-31)28-24(26)6-5-11-32-28)19-27-23-9-8-22(16-25(23)33-37(20)27)34-12-14-35(15-13-34)29(38)39-30(2,3)4/h5-11,16,20H,12-15,18-19H2,1-4H3/t20-/m1/s1. The van der Waals surface area contributed by atoms with Gasteiger partial charge in [-0.15, -0.1) is 0 Å². The minimum atomic E-state index is -0.490. The van der Waals surface area contributed by atoms with Gasteiger partial charge in [0, 0.05) is 61.1 Å². The summed E-state index contributed by atoms with van der Waals surface area (Å²) in [6, 6.07) is 16.8. The fraction of sp³-hybridized carbons (Fsp3) is 0.400. The molecule has 0 bridgehead atoms. The van der Waals surface area contributed by atoms with Crippen LogP contribution in [0.2, 0.25) is 0 Å². The van der Waals surface area contributed by atoms with Crippen LogP contribution in [0.5, 0.6) is 0 Å². The number of benzene rings is 2. The van der Waals surface area contributed by atoms with Gasteiger partial charge in [-0.3, -0.25) is 9.67 Å². The predicted molar refractivity (Wildman–Crippen MR) is 152 cm³/mol. The monoisotopic (exact) mass is 523 g/mol. The quantitative estimate of drug-likeness (QED) is 0.361. The summed E-state index contributed by atoms with van der Waals surface area (Å²) < 4.78 is 7.70. The first-order valence-electron chi connectivity index (χ1n) is 13.5. The van der Waals surface area contributed by atoms with E-state index in [-0.39, 0.29) is 12.1 Å². The van der Waals surface area contributed by atoms with Crippen LogP contribution in [-0.4, -0.2) is 64.1 Å². The van der Waals surface area contributed by atoms with Crippen molar-refractivity contribution in [3.05, 3.63) is 59.9 Å². The van der Waals surface area contributed by atoms with E-state index >= 15 is 0 Å². The Balaban J connectivity index is 1.24. The first kappa shape index (κ1) is 25.0. The van der Waals surface area contributed by atoms with E-state index in [2.05, 4.69) is 50.7 Å². The first-order chi connectivity index (χ1) is 18.7. The predicted octanol–water partition coefficient (Wildman–Crippen LogP) is 5.09. The van der Waals surface area contributed by atoms with E-state index in [1.165, 1.54) is 5.69 Å². The Hall–Kier alpha value is -4.32. The number of hydrogen-bond donors (Lipinski definition) is 0. The summed E-state index contributed by atoms with van der Waals surface area (Å²) in [6.07, 6.45) is 1.49. The maximum Gasteiger partial charge on any atom is 0.410 e. The van der Waals surface area contributed by atoms with Crippen molar-refractivity contribution in [3.63, 3.8) is 0 Å². The average molecular weight is 524 g/mol. The van der Waals surface area contributed by atoms with Gasteiger partial charge < -0.3 is 19.4 Å². The van der Waals surface area contributed by atoms with E-state index < -0.39 is 5.60 Å². The molecule has 0 spiro atoms. The molecule has 200 valence electrons. The van der Waals surface area contributed by atoms with Crippen LogP contribution in [0.25, 0.3) is 21.8 Å². The molecule has 4 aromatic rings. The zero-order valence-corrected chi connectivity index (χ0v) is 22.9. The molecule has 2 aliphatic heterocycles. The second kappa shape index (κ2) is 9.45.